The van der Waals surface area contributed by atoms with Crippen LogP contribution in [0.15, 0.2) is 72.9 Å². The topological polar surface area (TPSA) is 63.2 Å². The maximum atomic E-state index is 11.9. The lowest BCUT2D eigenvalue weighted by molar-refractivity contribution is -0.118. The molecule has 2 aromatic carbocycles. The van der Waals surface area contributed by atoms with Crippen molar-refractivity contribution in [2.24, 2.45) is 0 Å². The number of pyridine rings is 1. The minimum absolute atomic E-state index is 0.104. The largest absolute Gasteiger partial charge is 0.484 e. The summed E-state index contributed by atoms with van der Waals surface area (Å²) in [6.45, 7) is -0.104. The van der Waals surface area contributed by atoms with Crippen molar-refractivity contribution in [1.29, 1.82) is 0 Å². The minimum atomic E-state index is -0.286. The van der Waals surface area contributed by atoms with Crippen molar-refractivity contribution in [3.63, 3.8) is 0 Å². The molecule has 0 bridgehead atoms. The number of halogens is 1. The molecule has 1 heterocycles. The zero-order chi connectivity index (χ0) is 17.5. The summed E-state index contributed by atoms with van der Waals surface area (Å²) in [6.07, 6.45) is 1.66. The molecule has 0 aliphatic carbocycles. The van der Waals surface area contributed by atoms with Gasteiger partial charge in [-0.3, -0.25) is 4.79 Å². The Morgan fingerprint density at radius 1 is 0.960 bits per heavy atom. The Morgan fingerprint density at radius 3 is 2.40 bits per heavy atom. The van der Waals surface area contributed by atoms with Gasteiger partial charge in [-0.15, -0.1) is 0 Å². The standard InChI is InChI=1S/C19H16ClN3O2/c20-14-6-9-17(10-7-14)25-13-19(24)23-18-11-8-16(12-21-18)22-15-4-2-1-3-5-15/h1-12,22H,13H2,(H,21,23,24). The molecular formula is C19H16ClN3O2. The molecule has 0 atom stereocenters. The zero-order valence-electron chi connectivity index (χ0n) is 13.3. The number of carbonyl (C=O) groups excluding carboxylic acids is 1. The summed E-state index contributed by atoms with van der Waals surface area (Å²) in [6, 6.07) is 20.2. The molecule has 0 fully saturated rings. The van der Waals surface area contributed by atoms with Crippen LogP contribution in [-0.2, 0) is 4.79 Å². The molecule has 5 nitrogen and oxygen atoms in total. The van der Waals surface area contributed by atoms with Crippen LogP contribution < -0.4 is 15.4 Å². The third kappa shape index (κ3) is 5.22. The van der Waals surface area contributed by atoms with Gasteiger partial charge in [0.05, 0.1) is 11.9 Å². The van der Waals surface area contributed by atoms with Crippen LogP contribution >= 0.6 is 11.6 Å². The van der Waals surface area contributed by atoms with E-state index >= 15 is 0 Å². The quantitative estimate of drug-likeness (QED) is 0.685. The molecule has 3 aromatic rings. The van der Waals surface area contributed by atoms with Gasteiger partial charge >= 0.3 is 0 Å². The molecule has 0 saturated carbocycles. The second kappa shape index (κ2) is 8.17. The van der Waals surface area contributed by atoms with E-state index in [1.807, 2.05) is 36.4 Å². The van der Waals surface area contributed by atoms with Gasteiger partial charge in [0, 0.05) is 10.7 Å². The molecule has 2 N–H and O–H groups in total. The highest BCUT2D eigenvalue weighted by molar-refractivity contribution is 6.30. The van der Waals surface area contributed by atoms with E-state index in [2.05, 4.69) is 15.6 Å². The van der Waals surface area contributed by atoms with Crippen LogP contribution in [0.3, 0.4) is 0 Å². The highest BCUT2D eigenvalue weighted by atomic mass is 35.5. The first kappa shape index (κ1) is 16.8. The SMILES string of the molecule is O=C(COc1ccc(Cl)cc1)Nc1ccc(Nc2ccccc2)cn1. The first-order chi connectivity index (χ1) is 12.2. The van der Waals surface area contributed by atoms with E-state index < -0.39 is 0 Å². The molecule has 126 valence electrons. The number of ether oxygens (including phenoxy) is 1. The number of hydrogen-bond acceptors (Lipinski definition) is 4. The third-order valence-electron chi connectivity index (χ3n) is 3.28. The van der Waals surface area contributed by atoms with Crippen LogP contribution in [-0.4, -0.2) is 17.5 Å². The van der Waals surface area contributed by atoms with Crippen molar-refractivity contribution < 1.29 is 9.53 Å². The first-order valence-corrected chi connectivity index (χ1v) is 8.03. The molecule has 0 spiro atoms. The molecule has 1 aromatic heterocycles. The summed E-state index contributed by atoms with van der Waals surface area (Å²) < 4.78 is 5.39. The van der Waals surface area contributed by atoms with Crippen LogP contribution in [0.1, 0.15) is 0 Å². The molecule has 0 radical (unpaired) electrons. The fourth-order valence-corrected chi connectivity index (χ4v) is 2.21. The van der Waals surface area contributed by atoms with Gasteiger partial charge in [-0.2, -0.15) is 0 Å². The molecule has 0 aliphatic rings. The number of nitrogens with zero attached hydrogens (tertiary/aromatic N) is 1. The minimum Gasteiger partial charge on any atom is -0.484 e. The highest BCUT2D eigenvalue weighted by Crippen LogP contribution is 2.17. The van der Waals surface area contributed by atoms with Crippen LogP contribution in [0.2, 0.25) is 5.02 Å². The smallest absolute Gasteiger partial charge is 0.263 e. The predicted molar refractivity (Wildman–Crippen MR) is 99.5 cm³/mol. The third-order valence-corrected chi connectivity index (χ3v) is 3.53. The molecule has 3 rings (SSSR count). The summed E-state index contributed by atoms with van der Waals surface area (Å²) in [5.41, 5.74) is 1.80. The molecule has 0 saturated heterocycles. The lowest BCUT2D eigenvalue weighted by Crippen LogP contribution is -2.20. The number of amides is 1. The maximum absolute atomic E-state index is 11.9. The number of aromatic nitrogens is 1. The van der Waals surface area contributed by atoms with Gasteiger partial charge < -0.3 is 15.4 Å². The second-order valence-electron chi connectivity index (χ2n) is 5.21. The van der Waals surface area contributed by atoms with E-state index in [1.54, 1.807) is 36.5 Å². The number of carbonyl (C=O) groups is 1. The van der Waals surface area contributed by atoms with Gasteiger partial charge in [0.25, 0.3) is 5.91 Å². The van der Waals surface area contributed by atoms with E-state index in [-0.39, 0.29) is 12.5 Å². The van der Waals surface area contributed by atoms with E-state index in [0.717, 1.165) is 11.4 Å². The maximum Gasteiger partial charge on any atom is 0.263 e. The van der Waals surface area contributed by atoms with Gasteiger partial charge in [-0.05, 0) is 48.5 Å². The molecule has 0 unspecified atom stereocenters. The number of para-hydroxylation sites is 1. The fourth-order valence-electron chi connectivity index (χ4n) is 2.09. The highest BCUT2D eigenvalue weighted by Gasteiger charge is 2.05. The number of benzene rings is 2. The molecule has 1 amide bonds. The Balaban J connectivity index is 1.50. The van der Waals surface area contributed by atoms with Crippen LogP contribution in [0, 0.1) is 0 Å². The Bertz CT molecular complexity index is 822. The molecule has 0 aliphatic heterocycles. The molecule has 25 heavy (non-hydrogen) atoms. The average molecular weight is 354 g/mol. The van der Waals surface area contributed by atoms with Crippen LogP contribution in [0.25, 0.3) is 0 Å². The van der Waals surface area contributed by atoms with Gasteiger partial charge in [0.2, 0.25) is 0 Å². The summed E-state index contributed by atoms with van der Waals surface area (Å²) in [5.74, 6) is 0.754. The summed E-state index contributed by atoms with van der Waals surface area (Å²) in [7, 11) is 0. The number of rotatable bonds is 6. The van der Waals surface area contributed by atoms with Crippen molar-refractivity contribution in [2.75, 3.05) is 17.2 Å². The van der Waals surface area contributed by atoms with E-state index in [1.165, 1.54) is 0 Å². The summed E-state index contributed by atoms with van der Waals surface area (Å²) in [4.78, 5) is 16.1. The second-order valence-corrected chi connectivity index (χ2v) is 5.65. The van der Waals surface area contributed by atoms with E-state index in [0.29, 0.717) is 16.6 Å². The van der Waals surface area contributed by atoms with Crippen molar-refractivity contribution in [3.05, 3.63) is 77.9 Å². The van der Waals surface area contributed by atoms with E-state index in [9.17, 15) is 4.79 Å². The Kier molecular flexibility index (Phi) is 5.49. The van der Waals surface area contributed by atoms with Crippen molar-refractivity contribution in [2.45, 2.75) is 0 Å². The van der Waals surface area contributed by atoms with Crippen molar-refractivity contribution in [1.82, 2.24) is 4.98 Å². The van der Waals surface area contributed by atoms with Crippen molar-refractivity contribution >= 4 is 34.7 Å². The molecular weight excluding hydrogens is 338 g/mol. The average Bonchev–Trinajstić information content (AvgIpc) is 2.64. The summed E-state index contributed by atoms with van der Waals surface area (Å²) >= 11 is 5.80. The van der Waals surface area contributed by atoms with E-state index in [4.69, 9.17) is 16.3 Å². The van der Waals surface area contributed by atoms with Gasteiger partial charge in [0.15, 0.2) is 6.61 Å². The van der Waals surface area contributed by atoms with Crippen molar-refractivity contribution in [3.8, 4) is 5.75 Å². The van der Waals surface area contributed by atoms with Gasteiger partial charge in [-0.25, -0.2) is 4.98 Å². The zero-order valence-corrected chi connectivity index (χ0v) is 14.0. The van der Waals surface area contributed by atoms with Crippen LogP contribution in [0.4, 0.5) is 17.2 Å². The number of nitrogens with one attached hydrogen (secondary N) is 2. The number of hydrogen-bond donors (Lipinski definition) is 2. The van der Waals surface area contributed by atoms with Crippen LogP contribution in [0.5, 0.6) is 5.75 Å². The number of anilines is 3. The Hall–Kier alpha value is -3.05. The van der Waals surface area contributed by atoms with Gasteiger partial charge in [0.1, 0.15) is 11.6 Å². The van der Waals surface area contributed by atoms with Gasteiger partial charge in [-0.1, -0.05) is 29.8 Å². The first-order valence-electron chi connectivity index (χ1n) is 7.65. The normalized spacial score (nSPS) is 10.1. The lowest BCUT2D eigenvalue weighted by Gasteiger charge is -2.09. The molecule has 6 heteroatoms. The monoisotopic (exact) mass is 353 g/mol. The Morgan fingerprint density at radius 2 is 1.72 bits per heavy atom. The fraction of sp³-hybridized carbons (Fsp3) is 0.0526. The predicted octanol–water partition coefficient (Wildman–Crippen LogP) is 4.50. The lowest BCUT2D eigenvalue weighted by atomic mass is 10.3. The summed E-state index contributed by atoms with van der Waals surface area (Å²) in [5, 5.41) is 6.53. The Labute approximate surface area is 150 Å².